The Hall–Kier alpha value is -4.74. The Labute approximate surface area is 322 Å². The lowest BCUT2D eigenvalue weighted by atomic mass is 10.0. The average Bonchev–Trinajstić information content (AvgIpc) is 3.51. The maximum absolute atomic E-state index is 13.3. The first-order valence-corrected chi connectivity index (χ1v) is 19.5. The number of aromatic amines is 1. The third kappa shape index (κ3) is 7.61. The van der Waals surface area contributed by atoms with Gasteiger partial charge in [0.25, 0.3) is 5.91 Å². The van der Waals surface area contributed by atoms with Crippen molar-refractivity contribution >= 4 is 40.8 Å². The number of likely N-dealkylation sites (tertiary alicyclic amines) is 1. The zero-order chi connectivity index (χ0) is 38.3. The van der Waals surface area contributed by atoms with E-state index >= 15 is 0 Å². The molecule has 7 rings (SSSR count). The largest absolute Gasteiger partial charge is 0.350 e. The molecule has 0 spiro atoms. The van der Waals surface area contributed by atoms with Crippen molar-refractivity contribution in [3.63, 3.8) is 0 Å². The van der Waals surface area contributed by atoms with Crippen LogP contribution in [0.15, 0.2) is 67.0 Å². The molecule has 3 amide bonds. The SMILES string of the molecule is CN[C@H](C(=O)N1CCC[C@H]1c1ncc(-c2ccc(-c3ccc(NC(=O)c4ccc(N5CCN(C(=O)[C@H]6CC6(C)C)C[C@H]5C)nc4)cc3Cl)cc2)[nH]1)C(C)C. The number of carbonyl (C=O) groups is 3. The Balaban J connectivity index is 0.952. The summed E-state index contributed by atoms with van der Waals surface area (Å²) in [6, 6.07) is 17.1. The Kier molecular flexibility index (Phi) is 10.6. The van der Waals surface area contributed by atoms with Gasteiger partial charge in [-0.3, -0.25) is 14.4 Å². The lowest BCUT2D eigenvalue weighted by Gasteiger charge is -2.40. The van der Waals surface area contributed by atoms with Crippen molar-refractivity contribution in [1.29, 1.82) is 0 Å². The van der Waals surface area contributed by atoms with Gasteiger partial charge in [0.05, 0.1) is 34.6 Å². The van der Waals surface area contributed by atoms with Gasteiger partial charge in [0.1, 0.15) is 11.6 Å². The number of piperazine rings is 1. The lowest BCUT2D eigenvalue weighted by Crippen LogP contribution is -2.54. The van der Waals surface area contributed by atoms with Crippen LogP contribution in [0.1, 0.15) is 76.1 Å². The highest BCUT2D eigenvalue weighted by atomic mass is 35.5. The highest BCUT2D eigenvalue weighted by Gasteiger charge is 2.52. The molecule has 3 N–H and O–H groups in total. The molecule has 2 aliphatic heterocycles. The quantitative estimate of drug-likeness (QED) is 0.159. The van der Waals surface area contributed by atoms with E-state index in [-0.39, 0.29) is 53.1 Å². The fourth-order valence-corrected chi connectivity index (χ4v) is 8.33. The van der Waals surface area contributed by atoms with Crippen molar-refractivity contribution < 1.29 is 14.4 Å². The highest BCUT2D eigenvalue weighted by Crippen LogP contribution is 2.52. The minimum Gasteiger partial charge on any atom is -0.350 e. The molecule has 284 valence electrons. The predicted molar refractivity (Wildman–Crippen MR) is 213 cm³/mol. The van der Waals surface area contributed by atoms with Crippen LogP contribution in [0.2, 0.25) is 5.02 Å². The zero-order valence-corrected chi connectivity index (χ0v) is 32.8. The molecule has 3 fully saturated rings. The summed E-state index contributed by atoms with van der Waals surface area (Å²) in [6.07, 6.45) is 6.22. The third-order valence-corrected chi connectivity index (χ3v) is 11.8. The number of halogens is 1. The second-order valence-electron chi connectivity index (χ2n) is 16.1. The first kappa shape index (κ1) is 37.6. The van der Waals surface area contributed by atoms with Gasteiger partial charge in [-0.15, -0.1) is 0 Å². The van der Waals surface area contributed by atoms with Crippen LogP contribution in [-0.4, -0.2) is 87.8 Å². The van der Waals surface area contributed by atoms with E-state index in [2.05, 4.69) is 60.1 Å². The highest BCUT2D eigenvalue weighted by molar-refractivity contribution is 6.33. The summed E-state index contributed by atoms with van der Waals surface area (Å²) in [4.78, 5) is 58.3. The topological polar surface area (TPSA) is 127 Å². The molecule has 3 aliphatic rings. The molecule has 12 heteroatoms. The summed E-state index contributed by atoms with van der Waals surface area (Å²) in [5, 5.41) is 6.64. The van der Waals surface area contributed by atoms with Crippen LogP contribution >= 0.6 is 11.6 Å². The fraction of sp³-hybridized carbons (Fsp3) is 0.452. The van der Waals surface area contributed by atoms with E-state index < -0.39 is 0 Å². The van der Waals surface area contributed by atoms with Gasteiger partial charge in [-0.25, -0.2) is 9.97 Å². The average molecular weight is 751 g/mol. The number of imidazole rings is 1. The van der Waals surface area contributed by atoms with Crippen LogP contribution in [-0.2, 0) is 9.59 Å². The number of benzene rings is 2. The van der Waals surface area contributed by atoms with Gasteiger partial charge in [-0.2, -0.15) is 0 Å². The summed E-state index contributed by atoms with van der Waals surface area (Å²) >= 11 is 6.76. The number of anilines is 2. The number of H-pyrrole nitrogens is 1. The first-order chi connectivity index (χ1) is 25.8. The monoisotopic (exact) mass is 750 g/mol. The first-order valence-electron chi connectivity index (χ1n) is 19.1. The number of rotatable bonds is 10. The maximum atomic E-state index is 13.3. The Bertz CT molecular complexity index is 2010. The summed E-state index contributed by atoms with van der Waals surface area (Å²) < 4.78 is 0. The second kappa shape index (κ2) is 15.2. The van der Waals surface area contributed by atoms with Crippen molar-refractivity contribution in [3.05, 3.63) is 83.4 Å². The van der Waals surface area contributed by atoms with E-state index in [1.165, 1.54) is 0 Å². The van der Waals surface area contributed by atoms with Gasteiger partial charge < -0.3 is 30.3 Å². The minimum absolute atomic E-state index is 0.0674. The molecule has 0 unspecified atom stereocenters. The van der Waals surface area contributed by atoms with Crippen molar-refractivity contribution in [2.45, 2.75) is 72.0 Å². The van der Waals surface area contributed by atoms with E-state index in [1.807, 2.05) is 65.5 Å². The Morgan fingerprint density at radius 2 is 1.70 bits per heavy atom. The molecule has 2 aromatic carbocycles. The Morgan fingerprint density at radius 3 is 2.33 bits per heavy atom. The van der Waals surface area contributed by atoms with Crippen LogP contribution in [0, 0.1) is 17.3 Å². The molecular formula is C42H51ClN8O3. The number of likely N-dealkylation sites (N-methyl/N-ethyl adjacent to an activating group) is 1. The van der Waals surface area contributed by atoms with Gasteiger partial charge in [-0.1, -0.05) is 69.6 Å². The van der Waals surface area contributed by atoms with Gasteiger partial charge in [-0.05, 0) is 80.0 Å². The molecule has 0 radical (unpaired) electrons. The molecule has 1 saturated carbocycles. The lowest BCUT2D eigenvalue weighted by molar-refractivity contribution is -0.135. The van der Waals surface area contributed by atoms with Crippen LogP contribution in [0.4, 0.5) is 11.5 Å². The maximum Gasteiger partial charge on any atom is 0.257 e. The van der Waals surface area contributed by atoms with Gasteiger partial charge >= 0.3 is 0 Å². The predicted octanol–water partition coefficient (Wildman–Crippen LogP) is 7.04. The normalized spacial score (nSPS) is 21.3. The number of nitrogens with zero attached hydrogens (tertiary/aromatic N) is 5. The molecular weight excluding hydrogens is 700 g/mol. The number of carbonyl (C=O) groups excluding carboxylic acids is 3. The number of hydrogen-bond donors (Lipinski definition) is 3. The van der Waals surface area contributed by atoms with Crippen LogP contribution in [0.3, 0.4) is 0 Å². The molecule has 4 heterocycles. The van der Waals surface area contributed by atoms with Crippen LogP contribution in [0.5, 0.6) is 0 Å². The smallest absolute Gasteiger partial charge is 0.257 e. The zero-order valence-electron chi connectivity index (χ0n) is 32.0. The number of nitrogens with one attached hydrogen (secondary N) is 3. The Morgan fingerprint density at radius 1 is 0.963 bits per heavy atom. The van der Waals surface area contributed by atoms with E-state index in [4.69, 9.17) is 16.6 Å². The van der Waals surface area contributed by atoms with E-state index in [9.17, 15) is 14.4 Å². The molecule has 2 saturated heterocycles. The summed E-state index contributed by atoms with van der Waals surface area (Å²) in [6.45, 7) is 13.3. The van der Waals surface area contributed by atoms with Gasteiger partial charge in [0.2, 0.25) is 11.8 Å². The van der Waals surface area contributed by atoms with E-state index in [0.29, 0.717) is 35.9 Å². The van der Waals surface area contributed by atoms with Crippen LogP contribution < -0.4 is 15.5 Å². The molecule has 11 nitrogen and oxygen atoms in total. The number of pyridine rings is 1. The summed E-state index contributed by atoms with van der Waals surface area (Å²) in [5.41, 5.74) is 4.80. The minimum atomic E-state index is -0.275. The summed E-state index contributed by atoms with van der Waals surface area (Å²) in [7, 11) is 1.84. The van der Waals surface area contributed by atoms with Crippen molar-refractivity contribution in [2.75, 3.05) is 43.4 Å². The fourth-order valence-electron chi connectivity index (χ4n) is 8.05. The molecule has 2 aromatic heterocycles. The van der Waals surface area contributed by atoms with Gasteiger partial charge in [0.15, 0.2) is 0 Å². The standard InChI is InChI=1S/C42H51ClN8O3/c1-25(2)37(44-6)41(54)51-17-7-8-35(51)38-46-23-34(48-38)28-11-9-27(10-12-28)31-15-14-30(20-33(31)43)47-39(52)29-13-16-36(45-22-29)50-19-18-49(24-26(50)3)40(53)32-21-42(32,4)5/h9-16,20,22-23,25-26,32,35,37,44H,7-8,17-19,21,24H2,1-6H3,(H,46,48)(H,47,52)/t26-,32-,35+,37+/m1/s1. The van der Waals surface area contributed by atoms with Crippen molar-refractivity contribution in [3.8, 4) is 22.4 Å². The molecule has 4 atom stereocenters. The number of aromatic nitrogens is 3. The van der Waals surface area contributed by atoms with E-state index in [0.717, 1.165) is 59.8 Å². The molecule has 54 heavy (non-hydrogen) atoms. The molecule has 1 aliphatic carbocycles. The molecule has 0 bridgehead atoms. The van der Waals surface area contributed by atoms with Crippen LogP contribution in [0.25, 0.3) is 22.4 Å². The number of amides is 3. The number of hydrogen-bond acceptors (Lipinski definition) is 7. The van der Waals surface area contributed by atoms with Crippen molar-refractivity contribution in [2.24, 2.45) is 17.3 Å². The second-order valence-corrected chi connectivity index (χ2v) is 16.5. The van der Waals surface area contributed by atoms with Gasteiger partial charge in [0, 0.05) is 55.6 Å². The van der Waals surface area contributed by atoms with E-state index in [1.54, 1.807) is 18.3 Å². The molecule has 4 aromatic rings. The third-order valence-electron chi connectivity index (χ3n) is 11.5. The summed E-state index contributed by atoms with van der Waals surface area (Å²) in [5.74, 6) is 2.05. The van der Waals surface area contributed by atoms with Crippen molar-refractivity contribution in [1.82, 2.24) is 30.1 Å².